The van der Waals surface area contributed by atoms with E-state index in [1.165, 1.54) is 0 Å². The van der Waals surface area contributed by atoms with E-state index in [2.05, 4.69) is 4.99 Å². The van der Waals surface area contributed by atoms with E-state index in [9.17, 15) is 50.4 Å². The maximum absolute atomic E-state index is 13.2. The van der Waals surface area contributed by atoms with Gasteiger partial charge < -0.3 is 21.3 Å². The number of amidine groups is 1. The van der Waals surface area contributed by atoms with Gasteiger partial charge in [0, 0.05) is 5.56 Å². The molecule has 2 rings (SSSR count). The van der Waals surface area contributed by atoms with Gasteiger partial charge in [0.15, 0.2) is 16.3 Å². The first kappa shape index (κ1) is 25.9. The Morgan fingerprint density at radius 3 is 2.24 bits per heavy atom. The summed E-state index contributed by atoms with van der Waals surface area (Å²) in [5.41, 5.74) is -8.05. The number of halogens is 7. The van der Waals surface area contributed by atoms with Crippen molar-refractivity contribution in [2.24, 2.45) is 10.7 Å². The van der Waals surface area contributed by atoms with E-state index in [0.29, 0.717) is 6.07 Å². The molecule has 0 fully saturated rings. The Balaban J connectivity index is 3.00. The van der Waals surface area contributed by atoms with Crippen LogP contribution < -0.4 is 11.1 Å². The van der Waals surface area contributed by atoms with Crippen LogP contribution in [-0.4, -0.2) is 37.7 Å². The first-order chi connectivity index (χ1) is 15.0. The van der Waals surface area contributed by atoms with Crippen LogP contribution in [-0.2, 0) is 32.1 Å². The predicted molar refractivity (Wildman–Crippen MR) is 100 cm³/mol. The summed E-state index contributed by atoms with van der Waals surface area (Å²) in [7, 11) is -4.09. The SMILES string of the molecule is N#CC(N)=C(C1=NC(CC(=O)O)(C(=O)O)c2cc(C(F)(F)F)cc(Cl)c2N1)S(=O)C(F)(F)F. The van der Waals surface area contributed by atoms with Crippen LogP contribution in [0.5, 0.6) is 0 Å². The van der Waals surface area contributed by atoms with Crippen LogP contribution in [0.1, 0.15) is 17.5 Å². The molecule has 0 radical (unpaired) electrons. The van der Waals surface area contributed by atoms with Crippen molar-refractivity contribution < 1.29 is 50.4 Å². The van der Waals surface area contributed by atoms with Crippen molar-refractivity contribution in [3.8, 4) is 6.07 Å². The lowest BCUT2D eigenvalue weighted by Gasteiger charge is -2.34. The average Bonchev–Trinajstić information content (AvgIpc) is 2.66. The van der Waals surface area contributed by atoms with E-state index in [-0.39, 0.29) is 6.07 Å². The molecule has 0 bridgehead atoms. The molecule has 0 aromatic heterocycles. The number of nitriles is 1. The van der Waals surface area contributed by atoms with Crippen molar-refractivity contribution in [2.75, 3.05) is 5.32 Å². The maximum atomic E-state index is 13.2. The minimum absolute atomic E-state index is 0.212. The van der Waals surface area contributed by atoms with Gasteiger partial charge in [-0.1, -0.05) is 11.6 Å². The van der Waals surface area contributed by atoms with E-state index in [0.717, 1.165) is 6.07 Å². The molecule has 0 spiro atoms. The van der Waals surface area contributed by atoms with Crippen LogP contribution in [0.4, 0.5) is 32.0 Å². The van der Waals surface area contributed by atoms with Crippen LogP contribution >= 0.6 is 11.6 Å². The molecule has 2 atom stereocenters. The van der Waals surface area contributed by atoms with Crippen molar-refractivity contribution >= 4 is 45.9 Å². The van der Waals surface area contributed by atoms with Gasteiger partial charge in [0.2, 0.25) is 0 Å². The monoisotopic (exact) mass is 518 g/mol. The molecule has 0 saturated carbocycles. The van der Waals surface area contributed by atoms with E-state index in [1.54, 1.807) is 0 Å². The maximum Gasteiger partial charge on any atom is 0.476 e. The molecule has 178 valence electrons. The number of allylic oxidation sites excluding steroid dienone is 1. The number of rotatable bonds is 5. The lowest BCUT2D eigenvalue weighted by molar-refractivity contribution is -0.150. The normalized spacial score (nSPS) is 19.9. The topological polar surface area (TPSA) is 166 Å². The number of carboxylic acid groups (broad SMARTS) is 2. The van der Waals surface area contributed by atoms with Crippen LogP contribution in [0, 0.1) is 11.3 Å². The summed E-state index contributed by atoms with van der Waals surface area (Å²) in [6.45, 7) is 0. The van der Waals surface area contributed by atoms with Gasteiger partial charge in [-0.05, 0) is 12.1 Å². The molecular weight excluding hydrogens is 510 g/mol. The molecule has 33 heavy (non-hydrogen) atoms. The van der Waals surface area contributed by atoms with E-state index < -0.39 is 84.7 Å². The number of hydrogen-bond acceptors (Lipinski definition) is 7. The van der Waals surface area contributed by atoms with Gasteiger partial charge in [0.1, 0.15) is 22.5 Å². The van der Waals surface area contributed by atoms with Gasteiger partial charge in [0.25, 0.3) is 0 Å². The number of nitrogens with two attached hydrogens (primary N) is 1. The molecular formula is C16H9ClF6N4O5S. The zero-order valence-corrected chi connectivity index (χ0v) is 17.1. The summed E-state index contributed by atoms with van der Waals surface area (Å²) in [5, 5.41) is 29.0. The van der Waals surface area contributed by atoms with Crippen molar-refractivity contribution in [1.29, 1.82) is 5.26 Å². The highest BCUT2D eigenvalue weighted by Gasteiger charge is 2.51. The standard InChI is InChI=1S/C16H9ClF6N4O5S/c17-7-2-5(15(18,19)20)1-6-10(7)26-12(27-14(6,13(30)31)3-9(28)29)11(8(25)4-24)33(32)16(21,22)23/h1-2H,3,25H2,(H,26,27)(H,28,29)(H,30,31). The number of carboxylic acids is 2. The van der Waals surface area contributed by atoms with Gasteiger partial charge in [-0.15, -0.1) is 0 Å². The molecule has 1 aromatic carbocycles. The number of aliphatic imine (C=N–C) groups is 1. The van der Waals surface area contributed by atoms with Crippen LogP contribution in [0.25, 0.3) is 0 Å². The number of anilines is 1. The Morgan fingerprint density at radius 1 is 1.24 bits per heavy atom. The second-order valence-electron chi connectivity index (χ2n) is 6.27. The molecule has 0 aliphatic carbocycles. The first-order valence-corrected chi connectivity index (χ1v) is 9.60. The number of benzene rings is 1. The second-order valence-corrected chi connectivity index (χ2v) is 8.08. The molecule has 1 aliphatic heterocycles. The Hall–Kier alpha value is -3.32. The van der Waals surface area contributed by atoms with Gasteiger partial charge in [-0.3, -0.25) is 4.79 Å². The third-order valence-electron chi connectivity index (χ3n) is 4.15. The van der Waals surface area contributed by atoms with Crippen molar-refractivity contribution in [2.45, 2.75) is 23.6 Å². The van der Waals surface area contributed by atoms with Gasteiger partial charge >= 0.3 is 23.6 Å². The number of fused-ring (bicyclic) bond motifs is 1. The first-order valence-electron chi connectivity index (χ1n) is 8.07. The highest BCUT2D eigenvalue weighted by molar-refractivity contribution is 7.91. The fourth-order valence-corrected chi connectivity index (χ4v) is 3.82. The molecule has 0 saturated heterocycles. The third-order valence-corrected chi connectivity index (χ3v) is 5.65. The predicted octanol–water partition coefficient (Wildman–Crippen LogP) is 2.90. The summed E-state index contributed by atoms with van der Waals surface area (Å²) in [5.74, 6) is -5.38. The summed E-state index contributed by atoms with van der Waals surface area (Å²) in [6, 6.07) is 1.58. The highest BCUT2D eigenvalue weighted by Crippen LogP contribution is 2.46. The van der Waals surface area contributed by atoms with Crippen molar-refractivity contribution in [1.82, 2.24) is 0 Å². The number of carbonyl (C=O) groups is 2. The number of alkyl halides is 6. The number of nitrogens with one attached hydrogen (secondary N) is 1. The summed E-state index contributed by atoms with van der Waals surface area (Å²) >= 11 is 5.81. The lowest BCUT2D eigenvalue weighted by Crippen LogP contribution is -2.43. The zero-order chi connectivity index (χ0) is 25.5. The number of hydrogen-bond donors (Lipinski definition) is 4. The number of nitrogens with zero attached hydrogens (tertiary/aromatic N) is 2. The Morgan fingerprint density at radius 2 is 1.82 bits per heavy atom. The molecule has 1 aliphatic rings. The molecule has 2 unspecified atom stereocenters. The van der Waals surface area contributed by atoms with Crippen LogP contribution in [0.3, 0.4) is 0 Å². The smallest absolute Gasteiger partial charge is 0.476 e. The third kappa shape index (κ3) is 4.88. The summed E-state index contributed by atoms with van der Waals surface area (Å²) in [4.78, 5) is 25.3. The van der Waals surface area contributed by atoms with E-state index >= 15 is 0 Å². The molecule has 1 heterocycles. The molecule has 5 N–H and O–H groups in total. The quantitative estimate of drug-likeness (QED) is 0.341. The largest absolute Gasteiger partial charge is 0.481 e. The van der Waals surface area contributed by atoms with Gasteiger partial charge in [0.05, 0.1) is 22.7 Å². The zero-order valence-electron chi connectivity index (χ0n) is 15.5. The fourth-order valence-electron chi connectivity index (χ4n) is 2.80. The Kier molecular flexibility index (Phi) is 6.72. The summed E-state index contributed by atoms with van der Waals surface area (Å²) in [6.07, 6.45) is -6.64. The van der Waals surface area contributed by atoms with Gasteiger partial charge in [-0.25, -0.2) is 14.0 Å². The van der Waals surface area contributed by atoms with Crippen LogP contribution in [0.2, 0.25) is 5.02 Å². The Labute approximate surface area is 186 Å². The minimum Gasteiger partial charge on any atom is -0.481 e. The lowest BCUT2D eigenvalue weighted by atomic mass is 9.83. The van der Waals surface area contributed by atoms with Crippen LogP contribution in [0.15, 0.2) is 27.7 Å². The average molecular weight is 519 g/mol. The molecule has 0 amide bonds. The summed E-state index contributed by atoms with van der Waals surface area (Å²) < 4.78 is 91.1. The van der Waals surface area contributed by atoms with Crippen molar-refractivity contribution in [3.63, 3.8) is 0 Å². The highest BCUT2D eigenvalue weighted by atomic mass is 35.5. The fraction of sp³-hybridized carbons (Fsp3) is 0.250. The van der Waals surface area contributed by atoms with Crippen molar-refractivity contribution in [3.05, 3.63) is 38.9 Å². The molecule has 9 nitrogen and oxygen atoms in total. The van der Waals surface area contributed by atoms with E-state index in [1.807, 2.05) is 5.32 Å². The molecule has 1 aromatic rings. The minimum atomic E-state index is -5.54. The van der Waals surface area contributed by atoms with E-state index in [4.69, 9.17) is 22.6 Å². The molecule has 17 heteroatoms. The Bertz CT molecular complexity index is 1170. The second kappa shape index (κ2) is 8.56. The number of aliphatic carboxylic acids is 2. The van der Waals surface area contributed by atoms with Gasteiger partial charge in [-0.2, -0.15) is 31.6 Å².